The van der Waals surface area contributed by atoms with Crippen molar-refractivity contribution in [2.45, 2.75) is 6.42 Å². The maximum absolute atomic E-state index is 11.2. The molecule has 1 amide bonds. The summed E-state index contributed by atoms with van der Waals surface area (Å²) in [6.07, 6.45) is 0.635. The van der Waals surface area contributed by atoms with Crippen molar-refractivity contribution in [2.24, 2.45) is 11.5 Å². The van der Waals surface area contributed by atoms with E-state index in [1.54, 1.807) is 6.07 Å². The summed E-state index contributed by atoms with van der Waals surface area (Å²) in [6, 6.07) is 8.46. The smallest absolute Gasteiger partial charge is 0.265 e. The van der Waals surface area contributed by atoms with Crippen molar-refractivity contribution in [1.82, 2.24) is 4.98 Å². The summed E-state index contributed by atoms with van der Waals surface area (Å²) >= 11 is 0. The Labute approximate surface area is 87.3 Å². The normalized spacial score (nSPS) is 10.7. The Kier molecular flexibility index (Phi) is 2.43. The summed E-state index contributed by atoms with van der Waals surface area (Å²) < 4.78 is 0. The van der Waals surface area contributed by atoms with Gasteiger partial charge in [-0.25, -0.2) is 0 Å². The van der Waals surface area contributed by atoms with Crippen LogP contribution in [0.15, 0.2) is 18.2 Å². The van der Waals surface area contributed by atoms with Crippen LogP contribution in [0.4, 0.5) is 0 Å². The van der Waals surface area contributed by atoms with E-state index in [1.807, 2.05) is 12.1 Å². The van der Waals surface area contributed by atoms with Gasteiger partial charge in [-0.15, -0.1) is 0 Å². The molecule has 0 bridgehead atoms. The van der Waals surface area contributed by atoms with Crippen molar-refractivity contribution in [3.63, 3.8) is 0 Å². The molecule has 0 saturated carbocycles. The average Bonchev–Trinajstić information content (AvgIpc) is 2.58. The second kappa shape index (κ2) is 3.74. The van der Waals surface area contributed by atoms with E-state index in [0.29, 0.717) is 18.7 Å². The van der Waals surface area contributed by atoms with Gasteiger partial charge < -0.3 is 16.5 Å². The van der Waals surface area contributed by atoms with Crippen LogP contribution in [0.2, 0.25) is 0 Å². The topological polar surface area (TPSA) is 84.9 Å². The molecule has 0 aliphatic heterocycles. The number of carbonyl (C=O) groups is 1. The number of fused-ring (bicyclic) bond motifs is 1. The van der Waals surface area contributed by atoms with Crippen molar-refractivity contribution in [1.29, 1.82) is 0 Å². The fourth-order valence-corrected chi connectivity index (χ4v) is 1.75. The molecule has 15 heavy (non-hydrogen) atoms. The highest BCUT2D eigenvalue weighted by molar-refractivity contribution is 6.00. The van der Waals surface area contributed by atoms with E-state index in [0.717, 1.165) is 16.5 Å². The molecule has 2 rings (SSSR count). The highest BCUT2D eigenvalue weighted by Crippen LogP contribution is 2.21. The average molecular weight is 202 g/mol. The lowest BCUT2D eigenvalue weighted by atomic mass is 10.1. The van der Waals surface area contributed by atoms with E-state index in [9.17, 15) is 4.79 Å². The third kappa shape index (κ3) is 1.59. The molecule has 0 saturated heterocycles. The van der Waals surface area contributed by atoms with Gasteiger partial charge in [0, 0.05) is 10.9 Å². The van der Waals surface area contributed by atoms with Crippen LogP contribution < -0.4 is 11.5 Å². The van der Waals surface area contributed by atoms with Crippen molar-refractivity contribution in [2.75, 3.05) is 6.54 Å². The molecule has 1 aromatic heterocycles. The second-order valence-electron chi connectivity index (χ2n) is 3.35. The zero-order valence-electron chi connectivity index (χ0n) is 8.21. The number of carbonyl (C=O) groups excluding carboxylic acids is 1. The summed E-state index contributed by atoms with van der Waals surface area (Å²) in [4.78, 5) is 14.2. The first-order chi connectivity index (χ1) is 7.24. The Bertz CT molecular complexity index is 502. The molecular weight excluding hydrogens is 190 g/mol. The zero-order valence-corrected chi connectivity index (χ0v) is 8.21. The van der Waals surface area contributed by atoms with Crippen molar-refractivity contribution < 1.29 is 4.79 Å². The summed E-state index contributed by atoms with van der Waals surface area (Å²) in [5, 5.41) is 0.969. The molecule has 0 unspecified atom stereocenters. The first kappa shape index (κ1) is 9.73. The second-order valence-corrected chi connectivity index (χ2v) is 3.35. The number of nitrogens with two attached hydrogens (primary N) is 2. The Morgan fingerprint density at radius 1 is 1.53 bits per heavy atom. The minimum Gasteiger partial charge on any atom is -0.364 e. The molecule has 4 heteroatoms. The van der Waals surface area contributed by atoms with Crippen molar-refractivity contribution in [3.8, 4) is 0 Å². The van der Waals surface area contributed by atoms with Gasteiger partial charge >= 0.3 is 0 Å². The summed E-state index contributed by atoms with van der Waals surface area (Å²) in [7, 11) is 0. The van der Waals surface area contributed by atoms with Gasteiger partial charge in [-0.05, 0) is 36.7 Å². The van der Waals surface area contributed by atoms with E-state index >= 15 is 0 Å². The maximum Gasteiger partial charge on any atom is 0.265 e. The lowest BCUT2D eigenvalue weighted by Gasteiger charge is -1.98. The fourth-order valence-electron chi connectivity index (χ4n) is 1.75. The number of hydrogen-bond donors (Lipinski definition) is 3. The minimum atomic E-state index is -0.449. The third-order valence-corrected chi connectivity index (χ3v) is 2.39. The fraction of sp³-hybridized carbons (Fsp3) is 0.182. The number of rotatable bonds is 3. The molecule has 0 atom stereocenters. The highest BCUT2D eigenvalue weighted by atomic mass is 16.1. The molecule has 1 heterocycles. The Hall–Kier alpha value is -1.81. The maximum atomic E-state index is 11.2. The Balaban J connectivity index is 2.68. The highest BCUT2D eigenvalue weighted by Gasteiger charge is 2.13. The molecule has 1 aromatic carbocycles. The van der Waals surface area contributed by atoms with Crippen molar-refractivity contribution in [3.05, 3.63) is 35.5 Å². The third-order valence-electron chi connectivity index (χ3n) is 2.39. The largest absolute Gasteiger partial charge is 0.364 e. The Morgan fingerprint density at radius 3 is 3.00 bits per heavy atom. The van der Waals surface area contributed by atoms with Gasteiger partial charge in [0.15, 0.2) is 0 Å². The van der Waals surface area contributed by atoms with Crippen LogP contribution in [0.25, 0.3) is 10.9 Å². The van der Waals surface area contributed by atoms with Crippen LogP contribution in [0.1, 0.15) is 16.1 Å². The molecule has 2 aromatic rings. The Morgan fingerprint density at radius 2 is 2.33 bits per heavy atom. The predicted octanol–water partition coefficient (Wildman–Crippen LogP) is 0.568. The number of aromatic nitrogens is 1. The van der Waals surface area contributed by atoms with E-state index < -0.39 is 5.91 Å². The molecule has 1 radical (unpaired) electrons. The lowest BCUT2D eigenvalue weighted by Crippen LogP contribution is -2.15. The molecule has 0 fully saturated rings. The zero-order chi connectivity index (χ0) is 10.8. The number of H-pyrrole nitrogens is 1. The van der Waals surface area contributed by atoms with E-state index in [4.69, 9.17) is 11.5 Å². The quantitative estimate of drug-likeness (QED) is 0.679. The number of benzene rings is 1. The van der Waals surface area contributed by atoms with Gasteiger partial charge in [0.25, 0.3) is 5.91 Å². The predicted molar refractivity (Wildman–Crippen MR) is 58.4 cm³/mol. The molecule has 4 nitrogen and oxygen atoms in total. The van der Waals surface area contributed by atoms with Gasteiger partial charge in [0.2, 0.25) is 0 Å². The van der Waals surface area contributed by atoms with E-state index in [1.165, 1.54) is 0 Å². The van der Waals surface area contributed by atoms with Gasteiger partial charge in [0.1, 0.15) is 5.69 Å². The molecule has 5 N–H and O–H groups in total. The van der Waals surface area contributed by atoms with Crippen LogP contribution in [-0.4, -0.2) is 17.4 Å². The van der Waals surface area contributed by atoms with Crippen LogP contribution in [-0.2, 0) is 6.42 Å². The molecule has 0 spiro atoms. The molecule has 77 valence electrons. The van der Waals surface area contributed by atoms with Gasteiger partial charge in [-0.3, -0.25) is 4.79 Å². The van der Waals surface area contributed by atoms with Crippen LogP contribution in [0, 0.1) is 6.07 Å². The van der Waals surface area contributed by atoms with Gasteiger partial charge in [-0.2, -0.15) is 0 Å². The lowest BCUT2D eigenvalue weighted by molar-refractivity contribution is 0.0995. The molecule has 0 aliphatic rings. The monoisotopic (exact) mass is 202 g/mol. The summed E-state index contributed by atoms with van der Waals surface area (Å²) in [6.45, 7) is 0.488. The molecule has 0 aliphatic carbocycles. The number of hydrogen-bond acceptors (Lipinski definition) is 2. The minimum absolute atomic E-state index is 0.449. The van der Waals surface area contributed by atoms with Crippen LogP contribution in [0.5, 0.6) is 0 Å². The summed E-state index contributed by atoms with van der Waals surface area (Å²) in [5.74, 6) is -0.449. The number of primary amides is 1. The van der Waals surface area contributed by atoms with Gasteiger partial charge in [0.05, 0.1) is 0 Å². The van der Waals surface area contributed by atoms with Crippen LogP contribution >= 0.6 is 0 Å². The SMILES string of the molecule is NCCc1c(C(N)=O)[nH]c2cc[c]cc12. The van der Waals surface area contributed by atoms with E-state index in [2.05, 4.69) is 11.1 Å². The number of amides is 1. The van der Waals surface area contributed by atoms with Gasteiger partial charge in [-0.1, -0.05) is 6.07 Å². The number of nitrogens with one attached hydrogen (secondary N) is 1. The number of aromatic amines is 1. The van der Waals surface area contributed by atoms with E-state index in [-0.39, 0.29) is 0 Å². The van der Waals surface area contributed by atoms with Crippen LogP contribution in [0.3, 0.4) is 0 Å². The molecular formula is C11H12N3O. The first-order valence-electron chi connectivity index (χ1n) is 4.74. The first-order valence-corrected chi connectivity index (χ1v) is 4.74. The standard InChI is InChI=1S/C11H12N3O/c12-6-5-8-7-3-1-2-4-9(7)14-10(8)11(13)15/h2-4,14H,5-6,12H2,(H2,13,15). The van der Waals surface area contributed by atoms with Crippen molar-refractivity contribution >= 4 is 16.8 Å². The summed E-state index contributed by atoms with van der Waals surface area (Å²) in [5.41, 5.74) is 13.0.